The molecule has 1 aromatic heterocycles. The number of aromatic nitrogens is 2. The standard InChI is InChI=1S/C15H18N2O2/c1-10(2)14-8-13(15(18)19)16-17(14)9-12-6-4-11(3)5-7-12/h4-8,10H,9H2,1-3H3,(H,18,19). The van der Waals surface area contributed by atoms with Gasteiger partial charge in [0.15, 0.2) is 5.69 Å². The fourth-order valence-electron chi connectivity index (χ4n) is 1.99. The average Bonchev–Trinajstić information content (AvgIpc) is 2.76. The highest BCUT2D eigenvalue weighted by Gasteiger charge is 2.15. The molecule has 100 valence electrons. The first-order valence-corrected chi connectivity index (χ1v) is 6.34. The van der Waals surface area contributed by atoms with Gasteiger partial charge in [-0.3, -0.25) is 4.68 Å². The zero-order chi connectivity index (χ0) is 14.0. The Kier molecular flexibility index (Phi) is 3.69. The van der Waals surface area contributed by atoms with Crippen LogP contribution in [0.5, 0.6) is 0 Å². The number of hydrogen-bond donors (Lipinski definition) is 1. The minimum atomic E-state index is -0.982. The average molecular weight is 258 g/mol. The minimum absolute atomic E-state index is 0.107. The summed E-state index contributed by atoms with van der Waals surface area (Å²) in [5.74, 6) is -0.740. The van der Waals surface area contributed by atoms with Crippen LogP contribution in [0.2, 0.25) is 0 Å². The van der Waals surface area contributed by atoms with Gasteiger partial charge in [0.25, 0.3) is 0 Å². The number of aryl methyl sites for hydroxylation is 1. The Morgan fingerprint density at radius 2 is 1.95 bits per heavy atom. The molecule has 0 saturated heterocycles. The molecule has 0 aliphatic carbocycles. The first-order valence-electron chi connectivity index (χ1n) is 6.34. The molecule has 0 radical (unpaired) electrons. The molecule has 19 heavy (non-hydrogen) atoms. The Morgan fingerprint density at radius 1 is 1.32 bits per heavy atom. The van der Waals surface area contributed by atoms with E-state index in [1.807, 2.05) is 45.0 Å². The molecule has 1 heterocycles. The molecule has 4 heteroatoms. The quantitative estimate of drug-likeness (QED) is 0.917. The molecule has 0 atom stereocenters. The minimum Gasteiger partial charge on any atom is -0.476 e. The second-order valence-corrected chi connectivity index (χ2v) is 5.06. The summed E-state index contributed by atoms with van der Waals surface area (Å²) in [6.45, 7) is 6.71. The largest absolute Gasteiger partial charge is 0.476 e. The maximum atomic E-state index is 11.0. The third-order valence-electron chi connectivity index (χ3n) is 3.07. The summed E-state index contributed by atoms with van der Waals surface area (Å²) in [5.41, 5.74) is 3.38. The van der Waals surface area contributed by atoms with Gasteiger partial charge < -0.3 is 5.11 Å². The smallest absolute Gasteiger partial charge is 0.356 e. The molecule has 4 nitrogen and oxygen atoms in total. The molecular weight excluding hydrogens is 240 g/mol. The topological polar surface area (TPSA) is 55.1 Å². The van der Waals surface area contributed by atoms with Gasteiger partial charge in [0, 0.05) is 5.69 Å². The lowest BCUT2D eigenvalue weighted by atomic mass is 10.1. The van der Waals surface area contributed by atoms with Gasteiger partial charge in [-0.2, -0.15) is 5.10 Å². The van der Waals surface area contributed by atoms with Crippen molar-refractivity contribution in [1.29, 1.82) is 0 Å². The monoisotopic (exact) mass is 258 g/mol. The summed E-state index contributed by atoms with van der Waals surface area (Å²) in [6.07, 6.45) is 0. The second kappa shape index (κ2) is 5.26. The van der Waals surface area contributed by atoms with E-state index < -0.39 is 5.97 Å². The van der Waals surface area contributed by atoms with Crippen molar-refractivity contribution in [2.45, 2.75) is 33.2 Å². The zero-order valence-electron chi connectivity index (χ0n) is 11.4. The van der Waals surface area contributed by atoms with Crippen molar-refractivity contribution in [2.75, 3.05) is 0 Å². The highest BCUT2D eigenvalue weighted by atomic mass is 16.4. The van der Waals surface area contributed by atoms with Crippen molar-refractivity contribution in [1.82, 2.24) is 9.78 Å². The summed E-state index contributed by atoms with van der Waals surface area (Å²) in [5, 5.41) is 13.2. The Bertz CT molecular complexity index is 583. The first kappa shape index (κ1) is 13.3. The van der Waals surface area contributed by atoms with E-state index in [0.29, 0.717) is 6.54 Å². The molecule has 0 bridgehead atoms. The third kappa shape index (κ3) is 3.02. The van der Waals surface area contributed by atoms with E-state index in [1.165, 1.54) is 5.56 Å². The zero-order valence-corrected chi connectivity index (χ0v) is 11.4. The van der Waals surface area contributed by atoms with Crippen molar-refractivity contribution in [3.8, 4) is 0 Å². The van der Waals surface area contributed by atoms with Crippen LogP contribution >= 0.6 is 0 Å². The lowest BCUT2D eigenvalue weighted by molar-refractivity contribution is 0.0689. The van der Waals surface area contributed by atoms with Crippen LogP contribution < -0.4 is 0 Å². The van der Waals surface area contributed by atoms with Crippen LogP contribution in [0, 0.1) is 6.92 Å². The summed E-state index contributed by atoms with van der Waals surface area (Å²) < 4.78 is 1.78. The second-order valence-electron chi connectivity index (χ2n) is 5.06. The maximum absolute atomic E-state index is 11.0. The Hall–Kier alpha value is -2.10. The normalized spacial score (nSPS) is 10.9. The maximum Gasteiger partial charge on any atom is 0.356 e. The number of carboxylic acids is 1. The molecule has 0 saturated carbocycles. The lowest BCUT2D eigenvalue weighted by Crippen LogP contribution is -2.08. The fourth-order valence-corrected chi connectivity index (χ4v) is 1.99. The van der Waals surface area contributed by atoms with Gasteiger partial charge in [0.1, 0.15) is 0 Å². The summed E-state index contributed by atoms with van der Waals surface area (Å²) in [4.78, 5) is 11.0. The van der Waals surface area contributed by atoms with E-state index >= 15 is 0 Å². The summed E-state index contributed by atoms with van der Waals surface area (Å²) in [7, 11) is 0. The molecule has 0 aliphatic rings. The number of rotatable bonds is 4. The predicted molar refractivity (Wildman–Crippen MR) is 73.6 cm³/mol. The van der Waals surface area contributed by atoms with E-state index in [0.717, 1.165) is 11.3 Å². The van der Waals surface area contributed by atoms with Crippen molar-refractivity contribution in [3.05, 3.63) is 52.8 Å². The van der Waals surface area contributed by atoms with E-state index in [2.05, 4.69) is 5.10 Å². The van der Waals surface area contributed by atoms with E-state index in [1.54, 1.807) is 10.7 Å². The van der Waals surface area contributed by atoms with Crippen LogP contribution in [0.3, 0.4) is 0 Å². The van der Waals surface area contributed by atoms with Gasteiger partial charge in [-0.1, -0.05) is 43.7 Å². The van der Waals surface area contributed by atoms with Crippen LogP contribution in [0.4, 0.5) is 0 Å². The van der Waals surface area contributed by atoms with Crippen molar-refractivity contribution < 1.29 is 9.90 Å². The number of aromatic carboxylic acids is 1. The van der Waals surface area contributed by atoms with Gasteiger partial charge >= 0.3 is 5.97 Å². The molecular formula is C15H18N2O2. The first-order chi connectivity index (χ1) is 8.97. The molecule has 0 aliphatic heterocycles. The number of carboxylic acid groups (broad SMARTS) is 1. The van der Waals surface area contributed by atoms with Gasteiger partial charge in [-0.15, -0.1) is 0 Å². The molecule has 0 spiro atoms. The highest BCUT2D eigenvalue weighted by Crippen LogP contribution is 2.17. The van der Waals surface area contributed by atoms with Gasteiger partial charge in [-0.25, -0.2) is 4.79 Å². The van der Waals surface area contributed by atoms with Gasteiger partial charge in [0.05, 0.1) is 6.54 Å². The van der Waals surface area contributed by atoms with Crippen LogP contribution in [-0.2, 0) is 6.54 Å². The molecule has 2 aromatic rings. The van der Waals surface area contributed by atoms with Crippen LogP contribution in [0.25, 0.3) is 0 Å². The Labute approximate surface area is 112 Å². The van der Waals surface area contributed by atoms with Crippen molar-refractivity contribution >= 4 is 5.97 Å². The molecule has 0 fully saturated rings. The number of hydrogen-bond acceptors (Lipinski definition) is 2. The van der Waals surface area contributed by atoms with Crippen molar-refractivity contribution in [3.63, 3.8) is 0 Å². The lowest BCUT2D eigenvalue weighted by Gasteiger charge is -2.10. The Morgan fingerprint density at radius 3 is 2.47 bits per heavy atom. The number of nitrogens with zero attached hydrogens (tertiary/aromatic N) is 2. The highest BCUT2D eigenvalue weighted by molar-refractivity contribution is 5.85. The summed E-state index contributed by atoms with van der Waals surface area (Å²) in [6, 6.07) is 9.84. The molecule has 1 N–H and O–H groups in total. The van der Waals surface area contributed by atoms with Crippen LogP contribution in [0.15, 0.2) is 30.3 Å². The predicted octanol–water partition coefficient (Wildman–Crippen LogP) is 3.06. The molecule has 0 amide bonds. The molecule has 1 aromatic carbocycles. The number of carbonyl (C=O) groups is 1. The van der Waals surface area contributed by atoms with Gasteiger partial charge in [-0.05, 0) is 24.5 Å². The molecule has 2 rings (SSSR count). The fraction of sp³-hybridized carbons (Fsp3) is 0.333. The summed E-state index contributed by atoms with van der Waals surface area (Å²) >= 11 is 0. The third-order valence-corrected chi connectivity index (χ3v) is 3.07. The molecule has 0 unspecified atom stereocenters. The van der Waals surface area contributed by atoms with Crippen LogP contribution in [-0.4, -0.2) is 20.9 Å². The van der Waals surface area contributed by atoms with Gasteiger partial charge in [0.2, 0.25) is 0 Å². The van der Waals surface area contributed by atoms with Crippen LogP contribution in [0.1, 0.15) is 47.1 Å². The number of benzene rings is 1. The Balaban J connectivity index is 2.32. The van der Waals surface area contributed by atoms with E-state index in [-0.39, 0.29) is 11.6 Å². The SMILES string of the molecule is Cc1ccc(Cn2nc(C(=O)O)cc2C(C)C)cc1. The van der Waals surface area contributed by atoms with Crippen molar-refractivity contribution in [2.24, 2.45) is 0 Å². The van der Waals surface area contributed by atoms with E-state index in [9.17, 15) is 4.79 Å². The van der Waals surface area contributed by atoms with E-state index in [4.69, 9.17) is 5.11 Å².